The van der Waals surface area contributed by atoms with Gasteiger partial charge in [0, 0.05) is 0 Å². The fraction of sp³-hybridized carbons (Fsp3) is 0.833. The number of urea groups is 1. The van der Waals surface area contributed by atoms with E-state index in [9.17, 15) is 15.0 Å². The highest BCUT2D eigenvalue weighted by Crippen LogP contribution is 2.18. The van der Waals surface area contributed by atoms with E-state index in [1.165, 1.54) is 5.48 Å². The lowest BCUT2D eigenvalue weighted by atomic mass is 10.1. The van der Waals surface area contributed by atoms with E-state index in [2.05, 4.69) is 0 Å². The molecular weight excluding hydrogens is 196 g/mol. The van der Waals surface area contributed by atoms with Crippen LogP contribution in [0, 0.1) is 0 Å². The van der Waals surface area contributed by atoms with Crippen LogP contribution in [-0.4, -0.2) is 57.7 Å². The molecule has 0 aromatic carbocycles. The van der Waals surface area contributed by atoms with Crippen molar-refractivity contribution in [3.8, 4) is 0 Å². The summed E-state index contributed by atoms with van der Waals surface area (Å²) in [6.07, 6.45) is -4.73. The van der Waals surface area contributed by atoms with Crippen molar-refractivity contribution in [3.63, 3.8) is 0 Å². The third kappa shape index (κ3) is 2.11. The van der Waals surface area contributed by atoms with Gasteiger partial charge in [0.25, 0.3) is 0 Å². The number of aliphatic hydroxyl groups excluding tert-OH is 3. The molecule has 6 N–H and O–H groups in total. The topological polar surface area (TPSA) is 131 Å². The summed E-state index contributed by atoms with van der Waals surface area (Å²) >= 11 is 0. The zero-order chi connectivity index (χ0) is 10.7. The highest BCUT2D eigenvalue weighted by atomic mass is 16.6. The van der Waals surface area contributed by atoms with E-state index in [1.807, 2.05) is 5.32 Å². The zero-order valence-corrected chi connectivity index (χ0v) is 7.12. The molecule has 0 unspecified atom stereocenters. The number of hydroxylamine groups is 1. The first kappa shape index (κ1) is 11.1. The lowest BCUT2D eigenvalue weighted by molar-refractivity contribution is -0.0298. The molecule has 1 aliphatic rings. The monoisotopic (exact) mass is 208 g/mol. The Kier molecular flexibility index (Phi) is 3.61. The number of amides is 2. The minimum atomic E-state index is -1.34. The van der Waals surface area contributed by atoms with Crippen LogP contribution in [0.4, 0.5) is 4.79 Å². The third-order valence-electron chi connectivity index (χ3n) is 1.92. The van der Waals surface area contributed by atoms with Gasteiger partial charge >= 0.3 is 6.03 Å². The molecule has 4 atom stereocenters. The maximum atomic E-state index is 10.6. The van der Waals surface area contributed by atoms with Gasteiger partial charge in [-0.25, -0.2) is 10.3 Å². The van der Waals surface area contributed by atoms with Crippen molar-refractivity contribution in [2.24, 2.45) is 0 Å². The van der Waals surface area contributed by atoms with E-state index in [0.29, 0.717) is 0 Å². The first-order valence-electron chi connectivity index (χ1n) is 3.93. The van der Waals surface area contributed by atoms with E-state index < -0.39 is 37.2 Å². The second kappa shape index (κ2) is 4.53. The Morgan fingerprint density at radius 1 is 1.36 bits per heavy atom. The second-order valence-electron chi connectivity index (χ2n) is 2.84. The molecule has 0 radical (unpaired) electrons. The van der Waals surface area contributed by atoms with Crippen LogP contribution in [0.1, 0.15) is 0 Å². The highest BCUT2D eigenvalue weighted by Gasteiger charge is 2.42. The van der Waals surface area contributed by atoms with Gasteiger partial charge in [0.2, 0.25) is 0 Å². The lowest BCUT2D eigenvalue weighted by Crippen LogP contribution is -2.47. The fourth-order valence-corrected chi connectivity index (χ4v) is 1.18. The average molecular weight is 208 g/mol. The molecule has 0 aromatic heterocycles. The first-order chi connectivity index (χ1) is 6.60. The van der Waals surface area contributed by atoms with Crippen molar-refractivity contribution in [1.29, 1.82) is 0 Å². The summed E-state index contributed by atoms with van der Waals surface area (Å²) in [5.74, 6) is 0. The number of hydrogen-bond acceptors (Lipinski definition) is 6. The molecule has 1 fully saturated rings. The van der Waals surface area contributed by atoms with Gasteiger partial charge in [-0.1, -0.05) is 0 Å². The van der Waals surface area contributed by atoms with Crippen LogP contribution in [-0.2, 0) is 4.74 Å². The predicted molar refractivity (Wildman–Crippen MR) is 41.2 cm³/mol. The van der Waals surface area contributed by atoms with Crippen molar-refractivity contribution < 1.29 is 30.1 Å². The number of carbonyl (C=O) groups is 1. The summed E-state index contributed by atoms with van der Waals surface area (Å²) < 4.78 is 4.87. The largest absolute Gasteiger partial charge is 0.394 e. The molecule has 0 saturated carbocycles. The van der Waals surface area contributed by atoms with E-state index in [-0.39, 0.29) is 0 Å². The fourth-order valence-electron chi connectivity index (χ4n) is 1.18. The second-order valence-corrected chi connectivity index (χ2v) is 2.84. The molecule has 0 aliphatic carbocycles. The molecule has 0 aromatic rings. The molecule has 8 heteroatoms. The molecule has 0 bridgehead atoms. The third-order valence-corrected chi connectivity index (χ3v) is 1.92. The van der Waals surface area contributed by atoms with Gasteiger partial charge in [0.05, 0.1) is 6.61 Å². The normalized spacial score (nSPS) is 36.9. The molecule has 2 amide bonds. The maximum absolute atomic E-state index is 10.6. The van der Waals surface area contributed by atoms with Gasteiger partial charge in [-0.2, -0.15) is 0 Å². The van der Waals surface area contributed by atoms with Gasteiger partial charge in [0.15, 0.2) is 6.23 Å². The smallest absolute Gasteiger partial charge is 0.340 e. The van der Waals surface area contributed by atoms with Gasteiger partial charge in [-0.05, 0) is 0 Å². The van der Waals surface area contributed by atoms with Gasteiger partial charge in [-0.15, -0.1) is 0 Å². The number of ether oxygens (including phenoxy) is 1. The van der Waals surface area contributed by atoms with Crippen LogP contribution in [0.2, 0.25) is 0 Å². The lowest BCUT2D eigenvalue weighted by Gasteiger charge is -2.15. The predicted octanol–water partition coefficient (Wildman–Crippen LogP) is -2.89. The summed E-state index contributed by atoms with van der Waals surface area (Å²) in [5, 5.41) is 37.4. The Labute approximate surface area is 79.1 Å². The zero-order valence-electron chi connectivity index (χ0n) is 7.12. The van der Waals surface area contributed by atoms with Crippen molar-refractivity contribution in [3.05, 3.63) is 0 Å². The standard InChI is InChI=1S/C6H12N2O6/c9-1-2-3(10)4(11)5(14-2)7-6(12)8-13/h2-5,9-11,13H,1H2,(H2,7,8,12)/t2-,3-,4-,5-/m1/s1. The van der Waals surface area contributed by atoms with Crippen molar-refractivity contribution in [1.82, 2.24) is 10.8 Å². The van der Waals surface area contributed by atoms with Gasteiger partial charge in [-0.3, -0.25) is 5.21 Å². The van der Waals surface area contributed by atoms with E-state index in [0.717, 1.165) is 0 Å². The number of aliphatic hydroxyl groups is 3. The van der Waals surface area contributed by atoms with E-state index in [4.69, 9.17) is 15.1 Å². The van der Waals surface area contributed by atoms with Crippen LogP contribution in [0.15, 0.2) is 0 Å². The minimum absolute atomic E-state index is 0.475. The molecule has 1 rings (SSSR count). The Bertz CT molecular complexity index is 212. The van der Waals surface area contributed by atoms with Crippen LogP contribution in [0.3, 0.4) is 0 Å². The number of rotatable bonds is 2. The molecule has 8 nitrogen and oxygen atoms in total. The quantitative estimate of drug-likeness (QED) is 0.213. The Balaban J connectivity index is 2.52. The van der Waals surface area contributed by atoms with E-state index in [1.54, 1.807) is 0 Å². The Morgan fingerprint density at radius 2 is 2.00 bits per heavy atom. The average Bonchev–Trinajstić information content (AvgIpc) is 2.45. The molecule has 1 saturated heterocycles. The molecule has 1 heterocycles. The number of nitrogens with one attached hydrogen (secondary N) is 2. The first-order valence-corrected chi connectivity index (χ1v) is 3.93. The van der Waals surface area contributed by atoms with Crippen molar-refractivity contribution in [2.75, 3.05) is 6.61 Å². The Morgan fingerprint density at radius 3 is 2.43 bits per heavy atom. The van der Waals surface area contributed by atoms with Crippen LogP contribution < -0.4 is 10.8 Å². The van der Waals surface area contributed by atoms with E-state index >= 15 is 0 Å². The van der Waals surface area contributed by atoms with Crippen LogP contribution >= 0.6 is 0 Å². The Hall–Kier alpha value is -0.930. The maximum Gasteiger partial charge on any atom is 0.340 e. The summed E-state index contributed by atoms with van der Waals surface area (Å²) in [7, 11) is 0. The minimum Gasteiger partial charge on any atom is -0.394 e. The highest BCUT2D eigenvalue weighted by molar-refractivity contribution is 5.72. The van der Waals surface area contributed by atoms with Gasteiger partial charge < -0.3 is 25.4 Å². The summed E-state index contributed by atoms with van der Waals surface area (Å²) in [6, 6.07) is -0.972. The van der Waals surface area contributed by atoms with Crippen molar-refractivity contribution in [2.45, 2.75) is 24.5 Å². The SMILES string of the molecule is O=C(NO)N[C@@H]1O[C@H](CO)[C@@H](O)[C@H]1O. The molecular formula is C6H12N2O6. The molecule has 82 valence electrons. The van der Waals surface area contributed by atoms with Crippen LogP contribution in [0.25, 0.3) is 0 Å². The number of carbonyl (C=O) groups excluding carboxylic acids is 1. The molecule has 1 aliphatic heterocycles. The molecule has 14 heavy (non-hydrogen) atoms. The molecule has 0 spiro atoms. The van der Waals surface area contributed by atoms with Crippen molar-refractivity contribution >= 4 is 6.03 Å². The summed E-state index contributed by atoms with van der Waals surface area (Å²) in [5.41, 5.74) is 1.27. The van der Waals surface area contributed by atoms with Gasteiger partial charge in [0.1, 0.15) is 18.3 Å². The number of hydrogen-bond donors (Lipinski definition) is 6. The summed E-state index contributed by atoms with van der Waals surface area (Å²) in [4.78, 5) is 10.6. The summed E-state index contributed by atoms with van der Waals surface area (Å²) in [6.45, 7) is -0.475. The van der Waals surface area contributed by atoms with Crippen LogP contribution in [0.5, 0.6) is 0 Å².